The summed E-state index contributed by atoms with van der Waals surface area (Å²) < 4.78 is 17.7. The highest BCUT2D eigenvalue weighted by Crippen LogP contribution is 2.36. The van der Waals surface area contributed by atoms with Crippen LogP contribution in [-0.2, 0) is 9.09 Å². The van der Waals surface area contributed by atoms with Crippen molar-refractivity contribution in [3.8, 4) is 0 Å². The molecule has 0 N–H and O–H groups in total. The SMILES string of the molecule is O=[PH](CC1CCCCC1)OC1CCCCC1. The first-order valence-corrected chi connectivity index (χ1v) is 8.56. The molecule has 16 heavy (non-hydrogen) atoms. The Bertz CT molecular complexity index is 196. The molecule has 0 aliphatic heterocycles. The highest BCUT2D eigenvalue weighted by atomic mass is 31.1. The van der Waals surface area contributed by atoms with E-state index in [0.717, 1.165) is 19.0 Å². The summed E-state index contributed by atoms with van der Waals surface area (Å²) in [7, 11) is -1.74. The molecule has 0 heterocycles. The normalized spacial score (nSPS) is 26.8. The van der Waals surface area contributed by atoms with E-state index in [1.54, 1.807) is 0 Å². The van der Waals surface area contributed by atoms with Crippen molar-refractivity contribution >= 4 is 8.03 Å². The monoisotopic (exact) mass is 244 g/mol. The zero-order valence-corrected chi connectivity index (χ0v) is 11.2. The van der Waals surface area contributed by atoms with Crippen molar-refractivity contribution < 1.29 is 9.09 Å². The van der Waals surface area contributed by atoms with Gasteiger partial charge in [-0.2, -0.15) is 0 Å². The summed E-state index contributed by atoms with van der Waals surface area (Å²) in [6, 6.07) is 0. The Balaban J connectivity index is 1.66. The number of rotatable bonds is 4. The van der Waals surface area contributed by atoms with Crippen LogP contribution in [0.15, 0.2) is 0 Å². The molecule has 0 radical (unpaired) electrons. The molecule has 2 aliphatic carbocycles. The van der Waals surface area contributed by atoms with Gasteiger partial charge in [-0.15, -0.1) is 0 Å². The fourth-order valence-corrected chi connectivity index (χ4v) is 4.63. The van der Waals surface area contributed by atoms with E-state index in [0.29, 0.717) is 12.0 Å². The van der Waals surface area contributed by atoms with Gasteiger partial charge in [0.25, 0.3) is 0 Å². The minimum Gasteiger partial charge on any atom is -0.327 e. The minimum atomic E-state index is -1.74. The van der Waals surface area contributed by atoms with E-state index in [1.165, 1.54) is 51.4 Å². The predicted octanol–water partition coefficient (Wildman–Crippen LogP) is 4.39. The standard InChI is InChI=1S/C13H25O2P/c14-16(11-12-7-3-1-4-8-12)15-13-9-5-2-6-10-13/h12-13,16H,1-11H2. The molecule has 0 amide bonds. The van der Waals surface area contributed by atoms with Crippen molar-refractivity contribution in [2.45, 2.75) is 70.3 Å². The average molecular weight is 244 g/mol. The lowest BCUT2D eigenvalue weighted by molar-refractivity contribution is 0.164. The lowest BCUT2D eigenvalue weighted by Gasteiger charge is -2.24. The molecule has 0 bridgehead atoms. The Morgan fingerprint density at radius 1 is 0.875 bits per heavy atom. The Morgan fingerprint density at radius 3 is 2.06 bits per heavy atom. The maximum absolute atomic E-state index is 11.9. The quantitative estimate of drug-likeness (QED) is 0.685. The molecule has 0 aromatic heterocycles. The summed E-state index contributed by atoms with van der Waals surface area (Å²) >= 11 is 0. The van der Waals surface area contributed by atoms with Crippen LogP contribution in [0.3, 0.4) is 0 Å². The van der Waals surface area contributed by atoms with Gasteiger partial charge in [-0.3, -0.25) is 4.57 Å². The molecule has 1 atom stereocenters. The molecule has 94 valence electrons. The predicted molar refractivity (Wildman–Crippen MR) is 68.4 cm³/mol. The minimum absolute atomic E-state index is 0.323. The third-order valence-corrected chi connectivity index (χ3v) is 5.54. The van der Waals surface area contributed by atoms with Crippen LogP contribution in [0.25, 0.3) is 0 Å². The van der Waals surface area contributed by atoms with E-state index in [2.05, 4.69) is 0 Å². The van der Waals surface area contributed by atoms with Gasteiger partial charge < -0.3 is 4.52 Å². The molecule has 0 saturated heterocycles. The smallest absolute Gasteiger partial charge is 0.192 e. The van der Waals surface area contributed by atoms with E-state index in [4.69, 9.17) is 4.52 Å². The summed E-state index contributed by atoms with van der Waals surface area (Å²) in [6.45, 7) is 0. The van der Waals surface area contributed by atoms with E-state index < -0.39 is 8.03 Å². The van der Waals surface area contributed by atoms with E-state index >= 15 is 0 Å². The van der Waals surface area contributed by atoms with Crippen LogP contribution in [0.5, 0.6) is 0 Å². The second kappa shape index (κ2) is 6.81. The molecule has 2 saturated carbocycles. The van der Waals surface area contributed by atoms with Crippen molar-refractivity contribution in [2.75, 3.05) is 6.16 Å². The zero-order chi connectivity index (χ0) is 11.2. The van der Waals surface area contributed by atoms with Crippen LogP contribution < -0.4 is 0 Å². The van der Waals surface area contributed by atoms with Crippen LogP contribution in [0.1, 0.15) is 64.2 Å². The fourth-order valence-electron chi connectivity index (χ4n) is 3.04. The Kier molecular flexibility index (Phi) is 5.38. The molecule has 2 aliphatic rings. The van der Waals surface area contributed by atoms with Gasteiger partial charge in [0.05, 0.1) is 6.10 Å². The largest absolute Gasteiger partial charge is 0.327 e. The lowest BCUT2D eigenvalue weighted by Crippen LogP contribution is -2.15. The van der Waals surface area contributed by atoms with Crippen molar-refractivity contribution in [1.29, 1.82) is 0 Å². The van der Waals surface area contributed by atoms with Crippen LogP contribution in [-0.4, -0.2) is 12.3 Å². The molecular formula is C13H25O2P. The molecule has 2 fully saturated rings. The topological polar surface area (TPSA) is 26.3 Å². The van der Waals surface area contributed by atoms with Gasteiger partial charge in [0.1, 0.15) is 0 Å². The second-order valence-corrected chi connectivity index (χ2v) is 6.85. The van der Waals surface area contributed by atoms with Crippen LogP contribution in [0.4, 0.5) is 0 Å². The van der Waals surface area contributed by atoms with Crippen LogP contribution in [0, 0.1) is 5.92 Å². The molecule has 0 aromatic rings. The van der Waals surface area contributed by atoms with Gasteiger partial charge in [-0.05, 0) is 31.6 Å². The fraction of sp³-hybridized carbons (Fsp3) is 1.00. The van der Waals surface area contributed by atoms with Crippen LogP contribution in [0.2, 0.25) is 0 Å². The van der Waals surface area contributed by atoms with Gasteiger partial charge in [0.15, 0.2) is 8.03 Å². The van der Waals surface area contributed by atoms with E-state index in [1.807, 2.05) is 0 Å². The third-order valence-electron chi connectivity index (χ3n) is 4.03. The van der Waals surface area contributed by atoms with Gasteiger partial charge in [0.2, 0.25) is 0 Å². The highest BCUT2D eigenvalue weighted by Gasteiger charge is 2.20. The van der Waals surface area contributed by atoms with Gasteiger partial charge in [-0.25, -0.2) is 0 Å². The summed E-state index contributed by atoms with van der Waals surface area (Å²) in [5.41, 5.74) is 0. The molecule has 2 nitrogen and oxygen atoms in total. The van der Waals surface area contributed by atoms with Gasteiger partial charge >= 0.3 is 0 Å². The summed E-state index contributed by atoms with van der Waals surface area (Å²) in [6.07, 6.45) is 13.9. The summed E-state index contributed by atoms with van der Waals surface area (Å²) in [5, 5.41) is 0. The average Bonchev–Trinajstić information content (AvgIpc) is 2.31. The molecule has 0 spiro atoms. The molecule has 3 heteroatoms. The second-order valence-electron chi connectivity index (χ2n) is 5.46. The summed E-state index contributed by atoms with van der Waals surface area (Å²) in [4.78, 5) is 0. The molecular weight excluding hydrogens is 219 g/mol. The van der Waals surface area contributed by atoms with Crippen LogP contribution >= 0.6 is 8.03 Å². The lowest BCUT2D eigenvalue weighted by atomic mass is 9.91. The number of hydrogen-bond acceptors (Lipinski definition) is 2. The third kappa shape index (κ3) is 4.22. The first-order chi connectivity index (χ1) is 7.84. The van der Waals surface area contributed by atoms with Crippen molar-refractivity contribution in [1.82, 2.24) is 0 Å². The zero-order valence-electron chi connectivity index (χ0n) is 10.2. The van der Waals surface area contributed by atoms with Crippen molar-refractivity contribution in [2.24, 2.45) is 5.92 Å². The Morgan fingerprint density at radius 2 is 1.44 bits per heavy atom. The van der Waals surface area contributed by atoms with Gasteiger partial charge in [-0.1, -0.05) is 38.5 Å². The van der Waals surface area contributed by atoms with Gasteiger partial charge in [0, 0.05) is 6.16 Å². The van der Waals surface area contributed by atoms with E-state index in [-0.39, 0.29) is 0 Å². The maximum atomic E-state index is 11.9. The molecule has 2 rings (SSSR count). The van der Waals surface area contributed by atoms with Crippen molar-refractivity contribution in [3.05, 3.63) is 0 Å². The summed E-state index contributed by atoms with van der Waals surface area (Å²) in [5.74, 6) is 0.698. The Labute approximate surface area is 100 Å². The molecule has 1 unspecified atom stereocenters. The highest BCUT2D eigenvalue weighted by molar-refractivity contribution is 7.39. The Hall–Kier alpha value is 0.190. The number of hydrogen-bond donors (Lipinski definition) is 0. The van der Waals surface area contributed by atoms with Crippen molar-refractivity contribution in [3.63, 3.8) is 0 Å². The first kappa shape index (κ1) is 12.6. The maximum Gasteiger partial charge on any atom is 0.192 e. The first-order valence-electron chi connectivity index (χ1n) is 7.04. The van der Waals surface area contributed by atoms with E-state index in [9.17, 15) is 4.57 Å². The molecule has 0 aromatic carbocycles.